The second-order valence-electron chi connectivity index (χ2n) is 3.86. The number of benzene rings is 1. The Labute approximate surface area is 118 Å². The molecule has 0 spiro atoms. The quantitative estimate of drug-likeness (QED) is 0.367. The first-order valence-electron chi connectivity index (χ1n) is 6.28. The molecule has 0 bridgehead atoms. The summed E-state index contributed by atoms with van der Waals surface area (Å²) in [6.07, 6.45) is 1.31. The van der Waals surface area contributed by atoms with Crippen LogP contribution in [-0.2, 0) is 20.8 Å². The van der Waals surface area contributed by atoms with Gasteiger partial charge in [0.05, 0.1) is 13.7 Å². The molecule has 0 saturated carbocycles. The summed E-state index contributed by atoms with van der Waals surface area (Å²) in [7, 11) is 1.56. The van der Waals surface area contributed by atoms with Gasteiger partial charge in [0, 0.05) is 12.3 Å². The lowest BCUT2D eigenvalue weighted by Gasteiger charge is -1.94. The Morgan fingerprint density at radius 2 is 1.95 bits per heavy atom. The van der Waals surface area contributed by atoms with E-state index in [2.05, 4.69) is 21.4 Å². The van der Waals surface area contributed by atoms with Crippen molar-refractivity contribution in [3.63, 3.8) is 0 Å². The first-order valence-corrected chi connectivity index (χ1v) is 6.28. The van der Waals surface area contributed by atoms with Gasteiger partial charge in [0.15, 0.2) is 0 Å². The Morgan fingerprint density at radius 3 is 2.45 bits per heavy atom. The zero-order valence-electron chi connectivity index (χ0n) is 11.6. The first-order chi connectivity index (χ1) is 9.63. The van der Waals surface area contributed by atoms with Crippen LogP contribution in [0.3, 0.4) is 0 Å². The number of hydrogen-bond donors (Lipinski definition) is 0. The fourth-order valence-corrected chi connectivity index (χ4v) is 1.25. The fourth-order valence-electron chi connectivity index (χ4n) is 1.25. The van der Waals surface area contributed by atoms with Crippen LogP contribution in [0.2, 0.25) is 0 Å². The summed E-state index contributed by atoms with van der Waals surface area (Å²) in [6.45, 7) is 2.15. The number of carbonyl (C=O) groups is 2. The molecule has 1 aromatic carbocycles. The van der Waals surface area contributed by atoms with Gasteiger partial charge in [0.2, 0.25) is 0 Å². The molecule has 0 unspecified atom stereocenters. The SMILES string of the molecule is CCOC(=O)C#CCCc1ccccc1.CN1OC1=O. The number of rotatable bonds is 3. The van der Waals surface area contributed by atoms with E-state index >= 15 is 0 Å². The minimum absolute atomic E-state index is 0.245. The zero-order chi connectivity index (χ0) is 14.8. The summed E-state index contributed by atoms with van der Waals surface area (Å²) in [4.78, 5) is 24.6. The van der Waals surface area contributed by atoms with Gasteiger partial charge in [-0.05, 0) is 18.9 Å². The van der Waals surface area contributed by atoms with E-state index in [1.54, 1.807) is 14.0 Å². The highest BCUT2D eigenvalue weighted by molar-refractivity contribution is 5.88. The van der Waals surface area contributed by atoms with E-state index in [1.807, 2.05) is 30.3 Å². The maximum Gasteiger partial charge on any atom is 0.467 e. The summed E-state index contributed by atoms with van der Waals surface area (Å²) in [5.74, 6) is 4.80. The molecular weight excluding hydrogens is 258 g/mol. The van der Waals surface area contributed by atoms with Crippen molar-refractivity contribution in [2.24, 2.45) is 0 Å². The minimum atomic E-state index is -0.439. The highest BCUT2D eigenvalue weighted by Gasteiger charge is 2.28. The predicted molar refractivity (Wildman–Crippen MR) is 73.4 cm³/mol. The maximum absolute atomic E-state index is 10.9. The Morgan fingerprint density at radius 1 is 1.35 bits per heavy atom. The van der Waals surface area contributed by atoms with Crippen molar-refractivity contribution in [2.45, 2.75) is 19.8 Å². The molecule has 5 nitrogen and oxygen atoms in total. The Bertz CT molecular complexity index is 502. The van der Waals surface area contributed by atoms with Crippen molar-refractivity contribution in [2.75, 3.05) is 13.7 Å². The van der Waals surface area contributed by atoms with Crippen molar-refractivity contribution in [1.29, 1.82) is 0 Å². The molecule has 0 atom stereocenters. The molecule has 0 N–H and O–H groups in total. The third kappa shape index (κ3) is 7.07. The molecular formula is C15H17NO4. The first kappa shape index (κ1) is 15.6. The molecule has 1 aliphatic rings. The van der Waals surface area contributed by atoms with Crippen LogP contribution in [-0.4, -0.2) is 30.8 Å². The lowest BCUT2D eigenvalue weighted by atomic mass is 10.1. The van der Waals surface area contributed by atoms with Gasteiger partial charge in [0.25, 0.3) is 0 Å². The molecule has 0 radical (unpaired) electrons. The van der Waals surface area contributed by atoms with E-state index in [9.17, 15) is 9.59 Å². The molecule has 1 fully saturated rings. The van der Waals surface area contributed by atoms with Crippen LogP contribution in [0.1, 0.15) is 18.9 Å². The molecule has 2 rings (SSSR count). The number of aryl methyl sites for hydroxylation is 1. The number of amides is 1. The number of hydrogen-bond acceptors (Lipinski definition) is 4. The van der Waals surface area contributed by atoms with Gasteiger partial charge in [-0.2, -0.15) is 0 Å². The molecule has 1 amide bonds. The highest BCUT2D eigenvalue weighted by atomic mass is 16.9. The number of nitrogens with zero attached hydrogens (tertiary/aromatic N) is 1. The van der Waals surface area contributed by atoms with Gasteiger partial charge in [-0.15, -0.1) is 5.06 Å². The van der Waals surface area contributed by atoms with E-state index in [4.69, 9.17) is 0 Å². The smallest absolute Gasteiger partial charge is 0.456 e. The van der Waals surface area contributed by atoms with Gasteiger partial charge in [-0.1, -0.05) is 36.3 Å². The van der Waals surface area contributed by atoms with Crippen molar-refractivity contribution in [3.8, 4) is 11.8 Å². The molecule has 106 valence electrons. The van der Waals surface area contributed by atoms with E-state index in [0.29, 0.717) is 13.0 Å². The van der Waals surface area contributed by atoms with E-state index in [1.165, 1.54) is 5.56 Å². The zero-order valence-corrected chi connectivity index (χ0v) is 11.6. The van der Waals surface area contributed by atoms with Crippen molar-refractivity contribution >= 4 is 12.1 Å². The van der Waals surface area contributed by atoms with Crippen LogP contribution in [0.25, 0.3) is 0 Å². The van der Waals surface area contributed by atoms with E-state index in [-0.39, 0.29) is 6.09 Å². The summed E-state index contributed by atoms with van der Waals surface area (Å²) < 4.78 is 4.68. The minimum Gasteiger partial charge on any atom is -0.456 e. The fraction of sp³-hybridized carbons (Fsp3) is 0.333. The van der Waals surface area contributed by atoms with Crippen LogP contribution in [0.5, 0.6) is 0 Å². The van der Waals surface area contributed by atoms with Gasteiger partial charge in [-0.3, -0.25) is 0 Å². The van der Waals surface area contributed by atoms with Crippen LogP contribution in [0, 0.1) is 11.8 Å². The average molecular weight is 275 g/mol. The topological polar surface area (TPSA) is 58.9 Å². The monoisotopic (exact) mass is 275 g/mol. The molecule has 0 aliphatic carbocycles. The van der Waals surface area contributed by atoms with Crippen LogP contribution in [0.4, 0.5) is 4.79 Å². The maximum atomic E-state index is 10.9. The molecule has 1 aliphatic heterocycles. The third-order valence-corrected chi connectivity index (χ3v) is 2.29. The Hall–Kier alpha value is -2.48. The lowest BCUT2D eigenvalue weighted by Crippen LogP contribution is -1.99. The average Bonchev–Trinajstić information content (AvgIpc) is 3.10. The Kier molecular flexibility index (Phi) is 6.69. The second-order valence-corrected chi connectivity index (χ2v) is 3.86. The van der Waals surface area contributed by atoms with Gasteiger partial charge < -0.3 is 9.57 Å². The van der Waals surface area contributed by atoms with Crippen LogP contribution >= 0.6 is 0 Å². The third-order valence-electron chi connectivity index (χ3n) is 2.29. The molecule has 1 aromatic rings. The van der Waals surface area contributed by atoms with Gasteiger partial charge in [-0.25, -0.2) is 9.59 Å². The predicted octanol–water partition coefficient (Wildman–Crippen LogP) is 2.17. The second kappa shape index (κ2) is 8.59. The molecule has 1 heterocycles. The summed E-state index contributed by atoms with van der Waals surface area (Å²) >= 11 is 0. The molecule has 1 saturated heterocycles. The van der Waals surface area contributed by atoms with E-state index < -0.39 is 5.97 Å². The molecule has 20 heavy (non-hydrogen) atoms. The Balaban J connectivity index is 0.000000333. The number of hydroxylamine groups is 2. The number of esters is 1. The largest absolute Gasteiger partial charge is 0.467 e. The summed E-state index contributed by atoms with van der Waals surface area (Å²) in [6, 6.07) is 10.1. The highest BCUT2D eigenvalue weighted by Crippen LogP contribution is 2.04. The molecule has 5 heteroatoms. The van der Waals surface area contributed by atoms with Crippen molar-refractivity contribution < 1.29 is 19.2 Å². The molecule has 0 aromatic heterocycles. The standard InChI is InChI=1S/C13H14O2.C2H3NO2/c1-2-15-13(14)11-7-6-10-12-8-4-3-5-9-12;1-3-2(4)5-3/h3-5,8-9H,2,6,10H2,1H3;1H3. The van der Waals surface area contributed by atoms with Crippen LogP contribution in [0.15, 0.2) is 30.3 Å². The van der Waals surface area contributed by atoms with Gasteiger partial charge in [0.1, 0.15) is 0 Å². The van der Waals surface area contributed by atoms with Crippen molar-refractivity contribution in [3.05, 3.63) is 35.9 Å². The van der Waals surface area contributed by atoms with Crippen molar-refractivity contribution in [1.82, 2.24) is 5.06 Å². The lowest BCUT2D eigenvalue weighted by molar-refractivity contribution is -0.136. The van der Waals surface area contributed by atoms with E-state index in [0.717, 1.165) is 11.5 Å². The number of ether oxygens (including phenoxy) is 1. The van der Waals surface area contributed by atoms with Gasteiger partial charge >= 0.3 is 12.1 Å². The summed E-state index contributed by atoms with van der Waals surface area (Å²) in [5, 5.41) is 1.15. The van der Waals surface area contributed by atoms with Crippen LogP contribution < -0.4 is 0 Å². The summed E-state index contributed by atoms with van der Waals surface area (Å²) in [5.41, 5.74) is 1.23. The normalized spacial score (nSPS) is 11.3. The number of carbonyl (C=O) groups excluding carboxylic acids is 2.